The van der Waals surface area contributed by atoms with Crippen molar-refractivity contribution >= 4 is 23.4 Å². The molecule has 0 atom stereocenters. The van der Waals surface area contributed by atoms with E-state index in [2.05, 4.69) is 10.4 Å². The summed E-state index contributed by atoms with van der Waals surface area (Å²) in [6, 6.07) is 7.38. The van der Waals surface area contributed by atoms with E-state index >= 15 is 0 Å². The zero-order valence-corrected chi connectivity index (χ0v) is 13.0. The molecule has 2 aromatic rings. The van der Waals surface area contributed by atoms with Gasteiger partial charge in [0.1, 0.15) is 5.75 Å². The summed E-state index contributed by atoms with van der Waals surface area (Å²) in [6.45, 7) is 2.58. The number of anilines is 1. The zero-order valence-electron chi connectivity index (χ0n) is 12.2. The monoisotopic (exact) mass is 305 g/mol. The van der Waals surface area contributed by atoms with Gasteiger partial charge in [-0.3, -0.25) is 9.48 Å². The van der Waals surface area contributed by atoms with E-state index < -0.39 is 0 Å². The molecule has 1 aromatic carbocycles. The van der Waals surface area contributed by atoms with E-state index in [9.17, 15) is 4.79 Å². The molecule has 0 unspecified atom stereocenters. The number of nitrogens with zero attached hydrogens (tertiary/aromatic N) is 2. The number of carbonyl (C=O) groups is 1. The maximum absolute atomic E-state index is 11.8. The minimum atomic E-state index is -0.00644. The van der Waals surface area contributed by atoms with Gasteiger partial charge >= 0.3 is 0 Å². The zero-order chi connectivity index (χ0) is 15.1. The Balaban J connectivity index is 1.73. The largest absolute Gasteiger partial charge is 0.494 e. The third kappa shape index (κ3) is 5.15. The molecule has 0 aliphatic carbocycles. The molecule has 5 nitrogen and oxygen atoms in total. The SMILES string of the molecule is CCOc1ccc(NC(=O)CSCc2cnn(C)c2)cc1. The maximum Gasteiger partial charge on any atom is 0.234 e. The molecule has 0 saturated carbocycles. The molecule has 0 spiro atoms. The van der Waals surface area contributed by atoms with Gasteiger partial charge in [0.25, 0.3) is 0 Å². The number of nitrogens with one attached hydrogen (secondary N) is 1. The Labute approximate surface area is 128 Å². The normalized spacial score (nSPS) is 10.4. The number of benzene rings is 1. The van der Waals surface area contributed by atoms with Gasteiger partial charge in [-0.05, 0) is 36.8 Å². The van der Waals surface area contributed by atoms with Gasteiger partial charge in [0, 0.05) is 24.7 Å². The van der Waals surface area contributed by atoms with Crippen molar-refractivity contribution in [2.75, 3.05) is 17.7 Å². The number of aromatic nitrogens is 2. The minimum absolute atomic E-state index is 0.00644. The van der Waals surface area contributed by atoms with Crippen LogP contribution in [-0.2, 0) is 17.6 Å². The Morgan fingerprint density at radius 3 is 2.76 bits per heavy atom. The van der Waals surface area contributed by atoms with E-state index in [4.69, 9.17) is 4.74 Å². The second-order valence-corrected chi connectivity index (χ2v) is 5.51. The van der Waals surface area contributed by atoms with Gasteiger partial charge in [-0.25, -0.2) is 0 Å². The second-order valence-electron chi connectivity index (χ2n) is 4.52. The summed E-state index contributed by atoms with van der Waals surface area (Å²) >= 11 is 1.57. The molecular formula is C15H19N3O2S. The molecule has 112 valence electrons. The van der Waals surface area contributed by atoms with Crippen LogP contribution >= 0.6 is 11.8 Å². The molecule has 2 rings (SSSR count). The van der Waals surface area contributed by atoms with E-state index in [0.29, 0.717) is 12.4 Å². The van der Waals surface area contributed by atoms with Crippen LogP contribution in [0, 0.1) is 0 Å². The van der Waals surface area contributed by atoms with Crippen molar-refractivity contribution in [2.45, 2.75) is 12.7 Å². The number of aryl methyl sites for hydroxylation is 1. The summed E-state index contributed by atoms with van der Waals surface area (Å²) in [5, 5.41) is 6.96. The molecule has 0 aliphatic rings. The van der Waals surface area contributed by atoms with Crippen molar-refractivity contribution in [3.63, 3.8) is 0 Å². The van der Waals surface area contributed by atoms with Crippen LogP contribution in [0.1, 0.15) is 12.5 Å². The Hall–Kier alpha value is -1.95. The first-order valence-corrected chi connectivity index (χ1v) is 7.91. The fourth-order valence-corrected chi connectivity index (χ4v) is 2.55. The minimum Gasteiger partial charge on any atom is -0.494 e. The van der Waals surface area contributed by atoms with Crippen molar-refractivity contribution in [1.29, 1.82) is 0 Å². The van der Waals surface area contributed by atoms with Gasteiger partial charge in [-0.2, -0.15) is 5.10 Å². The molecule has 0 saturated heterocycles. The third-order valence-electron chi connectivity index (χ3n) is 2.71. The lowest BCUT2D eigenvalue weighted by Crippen LogP contribution is -2.14. The van der Waals surface area contributed by atoms with E-state index in [0.717, 1.165) is 22.8 Å². The smallest absolute Gasteiger partial charge is 0.234 e. The van der Waals surface area contributed by atoms with Crippen molar-refractivity contribution < 1.29 is 9.53 Å². The lowest BCUT2D eigenvalue weighted by molar-refractivity contribution is -0.113. The summed E-state index contributed by atoms with van der Waals surface area (Å²) in [4.78, 5) is 11.8. The molecule has 6 heteroatoms. The van der Waals surface area contributed by atoms with Crippen LogP contribution in [0.25, 0.3) is 0 Å². The van der Waals surface area contributed by atoms with Crippen LogP contribution in [0.3, 0.4) is 0 Å². The summed E-state index contributed by atoms with van der Waals surface area (Å²) in [7, 11) is 1.88. The van der Waals surface area contributed by atoms with Gasteiger partial charge in [-0.1, -0.05) is 0 Å². The van der Waals surface area contributed by atoms with Crippen LogP contribution in [0.2, 0.25) is 0 Å². The molecule has 0 bridgehead atoms. The first kappa shape index (κ1) is 15.4. The Morgan fingerprint density at radius 1 is 1.38 bits per heavy atom. The van der Waals surface area contributed by atoms with E-state index in [1.807, 2.05) is 50.6 Å². The average Bonchev–Trinajstić information content (AvgIpc) is 2.87. The van der Waals surface area contributed by atoms with Crippen molar-refractivity contribution in [3.05, 3.63) is 42.2 Å². The first-order valence-electron chi connectivity index (χ1n) is 6.75. The molecular weight excluding hydrogens is 286 g/mol. The van der Waals surface area contributed by atoms with Crippen LogP contribution in [0.4, 0.5) is 5.69 Å². The van der Waals surface area contributed by atoms with Crippen LogP contribution in [0.15, 0.2) is 36.7 Å². The molecule has 21 heavy (non-hydrogen) atoms. The summed E-state index contributed by atoms with van der Waals surface area (Å²) in [5.41, 5.74) is 1.90. The predicted molar refractivity (Wildman–Crippen MR) is 85.6 cm³/mol. The van der Waals surface area contributed by atoms with Crippen LogP contribution in [-0.4, -0.2) is 28.0 Å². The highest BCUT2D eigenvalue weighted by atomic mass is 32.2. The number of rotatable bonds is 7. The van der Waals surface area contributed by atoms with Gasteiger partial charge in [-0.15, -0.1) is 11.8 Å². The fourth-order valence-electron chi connectivity index (χ4n) is 1.81. The summed E-state index contributed by atoms with van der Waals surface area (Å²) in [5.74, 6) is 2.00. The topological polar surface area (TPSA) is 56.1 Å². The maximum atomic E-state index is 11.8. The summed E-state index contributed by atoms with van der Waals surface area (Å²) in [6.07, 6.45) is 3.77. The molecule has 0 fully saturated rings. The number of amides is 1. The van der Waals surface area contributed by atoms with E-state index in [1.165, 1.54) is 0 Å². The fraction of sp³-hybridized carbons (Fsp3) is 0.333. The van der Waals surface area contributed by atoms with Gasteiger partial charge in [0.2, 0.25) is 5.91 Å². The van der Waals surface area contributed by atoms with E-state index in [1.54, 1.807) is 16.4 Å². The lowest BCUT2D eigenvalue weighted by Gasteiger charge is -2.06. The first-order chi connectivity index (χ1) is 10.2. The Morgan fingerprint density at radius 2 is 2.14 bits per heavy atom. The number of hydrogen-bond acceptors (Lipinski definition) is 4. The molecule has 1 N–H and O–H groups in total. The number of hydrogen-bond donors (Lipinski definition) is 1. The molecule has 0 aliphatic heterocycles. The molecule has 0 radical (unpaired) electrons. The number of carbonyl (C=O) groups excluding carboxylic acids is 1. The van der Waals surface area contributed by atoms with Crippen molar-refractivity contribution in [3.8, 4) is 5.75 Å². The third-order valence-corrected chi connectivity index (χ3v) is 3.71. The Kier molecular flexibility index (Phi) is 5.68. The predicted octanol–water partition coefficient (Wildman–Crippen LogP) is 2.69. The van der Waals surface area contributed by atoms with Gasteiger partial charge in [0.15, 0.2) is 0 Å². The highest BCUT2D eigenvalue weighted by Crippen LogP contribution is 2.16. The van der Waals surface area contributed by atoms with Crippen LogP contribution in [0.5, 0.6) is 5.75 Å². The Bertz CT molecular complexity index is 581. The highest BCUT2D eigenvalue weighted by molar-refractivity contribution is 7.99. The summed E-state index contributed by atoms with van der Waals surface area (Å²) < 4.78 is 7.12. The molecule has 1 amide bonds. The number of ether oxygens (including phenoxy) is 1. The molecule has 1 heterocycles. The molecule has 1 aromatic heterocycles. The van der Waals surface area contributed by atoms with Crippen molar-refractivity contribution in [1.82, 2.24) is 9.78 Å². The van der Waals surface area contributed by atoms with Gasteiger partial charge < -0.3 is 10.1 Å². The second kappa shape index (κ2) is 7.73. The highest BCUT2D eigenvalue weighted by Gasteiger charge is 2.04. The number of thioether (sulfide) groups is 1. The standard InChI is InChI=1S/C15H19N3O2S/c1-3-20-14-6-4-13(5-7-14)17-15(19)11-21-10-12-8-16-18(2)9-12/h4-9H,3,10-11H2,1-2H3,(H,17,19). The van der Waals surface area contributed by atoms with E-state index in [-0.39, 0.29) is 5.91 Å². The average molecular weight is 305 g/mol. The van der Waals surface area contributed by atoms with Crippen molar-refractivity contribution in [2.24, 2.45) is 7.05 Å². The van der Waals surface area contributed by atoms with Gasteiger partial charge in [0.05, 0.1) is 18.6 Å². The lowest BCUT2D eigenvalue weighted by atomic mass is 10.3. The quantitative estimate of drug-likeness (QED) is 0.854. The van der Waals surface area contributed by atoms with Crippen LogP contribution < -0.4 is 10.1 Å².